The number of hydrogen-bond acceptors (Lipinski definition) is 6. The Bertz CT molecular complexity index is 1250. The van der Waals surface area contributed by atoms with Crippen LogP contribution in [0.5, 0.6) is 0 Å². The zero-order chi connectivity index (χ0) is 33.4. The smallest absolute Gasteiger partial charge is 0.312 e. The van der Waals surface area contributed by atoms with Crippen LogP contribution in [0.25, 0.3) is 0 Å². The number of aliphatic hydroxyl groups is 1. The van der Waals surface area contributed by atoms with Crippen LogP contribution in [0, 0.1) is 55.7 Å². The summed E-state index contributed by atoms with van der Waals surface area (Å²) in [7, 11) is 0. The van der Waals surface area contributed by atoms with Crippen LogP contribution >= 0.6 is 0 Å². The molecule has 0 amide bonds. The van der Waals surface area contributed by atoms with Crippen LogP contribution in [0.3, 0.4) is 0 Å². The molecule has 5 aliphatic carbocycles. The zero-order valence-corrected chi connectivity index (χ0v) is 29.5. The fraction of sp³-hybridized carbons (Fsp3) is 0.868. The van der Waals surface area contributed by atoms with Crippen molar-refractivity contribution < 1.29 is 34.1 Å². The normalized spacial score (nSPS) is 43.8. The van der Waals surface area contributed by atoms with E-state index in [1.165, 1.54) is 5.57 Å². The number of fused-ring (bicyclic) bond motifs is 7. The molecule has 0 spiro atoms. The van der Waals surface area contributed by atoms with Crippen molar-refractivity contribution in [3.05, 3.63) is 11.6 Å². The van der Waals surface area contributed by atoms with Gasteiger partial charge in [-0.05, 0) is 124 Å². The molecule has 2 N–H and O–H groups in total. The van der Waals surface area contributed by atoms with Gasteiger partial charge in [-0.25, -0.2) is 0 Å². The van der Waals surface area contributed by atoms with E-state index in [1.54, 1.807) is 13.8 Å². The van der Waals surface area contributed by atoms with Crippen molar-refractivity contribution in [3.8, 4) is 0 Å². The first-order valence-electron chi connectivity index (χ1n) is 17.7. The highest BCUT2D eigenvalue weighted by Gasteiger charge is 2.70. The van der Waals surface area contributed by atoms with Crippen LogP contribution in [-0.4, -0.2) is 47.4 Å². The van der Waals surface area contributed by atoms with E-state index in [0.717, 1.165) is 57.8 Å². The average Bonchev–Trinajstić information content (AvgIpc) is 2.94. The van der Waals surface area contributed by atoms with Gasteiger partial charge >= 0.3 is 17.9 Å². The summed E-state index contributed by atoms with van der Waals surface area (Å²) in [5, 5.41) is 20.5. The molecule has 4 fully saturated rings. The van der Waals surface area contributed by atoms with Crippen molar-refractivity contribution >= 4 is 17.9 Å². The van der Waals surface area contributed by atoms with Gasteiger partial charge in [0.1, 0.15) is 6.10 Å². The van der Waals surface area contributed by atoms with Gasteiger partial charge in [-0.3, -0.25) is 14.4 Å². The molecule has 0 aliphatic heterocycles. The van der Waals surface area contributed by atoms with Crippen LogP contribution in [0.15, 0.2) is 11.6 Å². The molecule has 45 heavy (non-hydrogen) atoms. The number of allylic oxidation sites excluding steroid dienone is 2. The fourth-order valence-corrected chi connectivity index (χ4v) is 11.7. The molecule has 5 aliphatic rings. The highest BCUT2D eigenvalue weighted by Crippen LogP contribution is 2.76. The van der Waals surface area contributed by atoms with E-state index in [4.69, 9.17) is 9.47 Å². The molecular weight excluding hydrogens is 568 g/mol. The highest BCUT2D eigenvalue weighted by molar-refractivity contribution is 5.81. The predicted molar refractivity (Wildman–Crippen MR) is 173 cm³/mol. The van der Waals surface area contributed by atoms with Crippen LogP contribution < -0.4 is 0 Å². The Morgan fingerprint density at radius 1 is 0.933 bits per heavy atom. The topological polar surface area (TPSA) is 110 Å². The summed E-state index contributed by atoms with van der Waals surface area (Å²) in [5.41, 5.74) is -0.601. The second kappa shape index (κ2) is 11.1. The summed E-state index contributed by atoms with van der Waals surface area (Å²) in [6.07, 6.45) is 11.2. The van der Waals surface area contributed by atoms with E-state index in [2.05, 4.69) is 47.6 Å². The van der Waals surface area contributed by atoms with Gasteiger partial charge in [0, 0.05) is 5.41 Å². The number of carboxylic acid groups (broad SMARTS) is 1. The van der Waals surface area contributed by atoms with Crippen molar-refractivity contribution in [2.24, 2.45) is 55.7 Å². The van der Waals surface area contributed by atoms with Gasteiger partial charge < -0.3 is 19.7 Å². The van der Waals surface area contributed by atoms with Crippen molar-refractivity contribution in [2.75, 3.05) is 13.2 Å². The molecule has 0 heterocycles. The fourth-order valence-electron chi connectivity index (χ4n) is 11.7. The number of carboxylic acids is 1. The summed E-state index contributed by atoms with van der Waals surface area (Å²) >= 11 is 0. The summed E-state index contributed by atoms with van der Waals surface area (Å²) in [6.45, 7) is 19.6. The summed E-state index contributed by atoms with van der Waals surface area (Å²) in [6, 6.07) is 0. The maximum atomic E-state index is 13.7. The second-order valence-electron chi connectivity index (χ2n) is 18.1. The lowest BCUT2D eigenvalue weighted by atomic mass is 9.33. The molecule has 9 atom stereocenters. The Morgan fingerprint density at radius 3 is 2.22 bits per heavy atom. The van der Waals surface area contributed by atoms with Crippen molar-refractivity contribution in [2.45, 2.75) is 139 Å². The third-order valence-corrected chi connectivity index (χ3v) is 14.8. The highest BCUT2D eigenvalue weighted by atomic mass is 16.5. The molecule has 0 bridgehead atoms. The summed E-state index contributed by atoms with van der Waals surface area (Å²) in [5.74, 6) is -0.745. The molecule has 4 saturated carbocycles. The maximum Gasteiger partial charge on any atom is 0.312 e. The minimum atomic E-state index is -1.21. The lowest BCUT2D eigenvalue weighted by Crippen LogP contribution is -2.66. The second-order valence-corrected chi connectivity index (χ2v) is 18.1. The van der Waals surface area contributed by atoms with Crippen LogP contribution in [0.2, 0.25) is 0 Å². The number of aliphatic hydroxyl groups excluding tert-OH is 1. The Balaban J connectivity index is 1.47. The summed E-state index contributed by atoms with van der Waals surface area (Å²) in [4.78, 5) is 38.4. The van der Waals surface area contributed by atoms with Gasteiger partial charge in [0.25, 0.3) is 0 Å². The first-order valence-corrected chi connectivity index (χ1v) is 17.7. The predicted octanol–water partition coefficient (Wildman–Crippen LogP) is 7.74. The van der Waals surface area contributed by atoms with Gasteiger partial charge in [-0.1, -0.05) is 53.2 Å². The molecule has 0 saturated heterocycles. The molecule has 0 aromatic carbocycles. The molecule has 3 unspecified atom stereocenters. The SMILES string of the molecule is CCOC(=O)[C@]12CCC(C)(C)CC1C1=CCC3[C@@]4(C)CC[C@H](OC(=O)CC(C)(C)C(=O)O)[C@@](C)(CO)C4CC[C@@]3(C)[C@]1(C)CC2. The number of carbonyl (C=O) groups is 3. The Kier molecular flexibility index (Phi) is 8.49. The first-order chi connectivity index (χ1) is 20.8. The summed E-state index contributed by atoms with van der Waals surface area (Å²) < 4.78 is 11.9. The van der Waals surface area contributed by atoms with Crippen molar-refractivity contribution in [1.82, 2.24) is 0 Å². The standard InChI is InChI=1S/C38H60O7/c1-10-44-31(43)38-19-17-32(2,3)21-25(38)24-11-12-27-34(6)15-14-28(45-29(40)22-33(4,5)30(41)42)35(7,23-39)26(34)13-16-37(27,9)36(24,8)18-20-38/h11,25-28,39H,10,12-23H2,1-9H3,(H,41,42)/t25?,26?,27?,28-,34-,35-,36+,37+,38-/m0/s1. The monoisotopic (exact) mass is 628 g/mol. The molecule has 5 rings (SSSR count). The first kappa shape index (κ1) is 34.4. The van der Waals surface area contributed by atoms with E-state index < -0.39 is 34.3 Å². The quantitative estimate of drug-likeness (QED) is 0.219. The third kappa shape index (κ3) is 5.03. The van der Waals surface area contributed by atoms with Gasteiger partial charge in [-0.15, -0.1) is 0 Å². The van der Waals surface area contributed by atoms with Crippen molar-refractivity contribution in [3.63, 3.8) is 0 Å². The number of carbonyl (C=O) groups excluding carboxylic acids is 2. The molecular formula is C38H60O7. The number of esters is 2. The molecule has 7 nitrogen and oxygen atoms in total. The molecule has 0 radical (unpaired) electrons. The van der Waals surface area contributed by atoms with E-state index in [0.29, 0.717) is 18.9 Å². The third-order valence-electron chi connectivity index (χ3n) is 14.8. The molecule has 254 valence electrons. The largest absolute Gasteiger partial charge is 0.481 e. The molecule has 7 heteroatoms. The average molecular weight is 629 g/mol. The Labute approximate surface area is 271 Å². The minimum Gasteiger partial charge on any atom is -0.481 e. The van der Waals surface area contributed by atoms with Gasteiger partial charge in [0.05, 0.1) is 30.5 Å². The van der Waals surface area contributed by atoms with E-state index in [1.807, 2.05) is 6.92 Å². The zero-order valence-electron chi connectivity index (χ0n) is 29.5. The number of aliphatic carboxylic acids is 1. The Morgan fingerprint density at radius 2 is 1.60 bits per heavy atom. The van der Waals surface area contributed by atoms with Gasteiger partial charge in [-0.2, -0.15) is 0 Å². The van der Waals surface area contributed by atoms with Crippen LogP contribution in [0.1, 0.15) is 133 Å². The maximum absolute atomic E-state index is 13.7. The minimum absolute atomic E-state index is 0.00900. The van der Waals surface area contributed by atoms with E-state index in [9.17, 15) is 24.6 Å². The van der Waals surface area contributed by atoms with Crippen LogP contribution in [0.4, 0.5) is 0 Å². The number of hydrogen-bond donors (Lipinski definition) is 2. The Hall–Kier alpha value is -1.89. The lowest BCUT2D eigenvalue weighted by Gasteiger charge is -2.71. The van der Waals surface area contributed by atoms with E-state index >= 15 is 0 Å². The van der Waals surface area contributed by atoms with Crippen molar-refractivity contribution in [1.29, 1.82) is 0 Å². The van der Waals surface area contributed by atoms with Gasteiger partial charge in [0.2, 0.25) is 0 Å². The number of rotatable bonds is 7. The van der Waals surface area contributed by atoms with Gasteiger partial charge in [0.15, 0.2) is 0 Å². The molecule has 0 aromatic rings. The molecule has 0 aromatic heterocycles. The van der Waals surface area contributed by atoms with E-state index in [-0.39, 0.29) is 52.5 Å². The lowest BCUT2D eigenvalue weighted by molar-refractivity contribution is -0.225. The number of ether oxygens (including phenoxy) is 2. The van der Waals surface area contributed by atoms with Crippen LogP contribution in [-0.2, 0) is 23.9 Å².